The molecular weight excluding hydrogens is 722 g/mol. The van der Waals surface area contributed by atoms with Crippen molar-refractivity contribution in [2.45, 2.75) is 50.7 Å². The molecule has 0 bridgehead atoms. The predicted octanol–water partition coefficient (Wildman–Crippen LogP) is 4.83. The van der Waals surface area contributed by atoms with Crippen LogP contribution in [0.1, 0.15) is 42.7 Å². The first-order chi connectivity index (χ1) is 25.8. The smallest absolute Gasteiger partial charge is 0.422 e. The molecule has 6 heterocycles. The molecule has 286 valence electrons. The molecule has 1 aliphatic carbocycles. The molecule has 16 heteroatoms. The molecule has 4 aromatic rings. The number of benzene rings is 2. The van der Waals surface area contributed by atoms with E-state index in [-0.39, 0.29) is 40.5 Å². The second-order valence-corrected chi connectivity index (χ2v) is 18.1. The number of halogens is 3. The summed E-state index contributed by atoms with van der Waals surface area (Å²) in [6, 6.07) is 6.07. The fraction of sp³-hybridized carbons (Fsp3) is 0.526. The summed E-state index contributed by atoms with van der Waals surface area (Å²) < 4.78 is 72.4. The number of aryl methyl sites for hydroxylation is 1. The van der Waals surface area contributed by atoms with Gasteiger partial charge in [-0.2, -0.15) is 23.3 Å². The van der Waals surface area contributed by atoms with Crippen LogP contribution in [-0.2, 0) is 14.6 Å². The van der Waals surface area contributed by atoms with Crippen LogP contribution in [0.15, 0.2) is 37.1 Å². The van der Waals surface area contributed by atoms with Crippen LogP contribution in [0.5, 0.6) is 5.75 Å². The van der Waals surface area contributed by atoms with Gasteiger partial charge in [0.05, 0.1) is 23.2 Å². The molecule has 2 aromatic carbocycles. The maximum atomic E-state index is 14.1. The van der Waals surface area contributed by atoms with E-state index in [2.05, 4.69) is 32.6 Å². The van der Waals surface area contributed by atoms with Crippen LogP contribution in [0.3, 0.4) is 0 Å². The predicted molar refractivity (Wildman–Crippen MR) is 200 cm³/mol. The van der Waals surface area contributed by atoms with Crippen molar-refractivity contribution in [3.05, 3.63) is 48.2 Å². The van der Waals surface area contributed by atoms with Crippen molar-refractivity contribution in [1.29, 1.82) is 0 Å². The molecule has 1 N–H and O–H groups in total. The number of H-pyrrole nitrogens is 1. The summed E-state index contributed by atoms with van der Waals surface area (Å²) in [5.41, 5.74) is 4.31. The largest absolute Gasteiger partial charge is 0.481 e. The number of carbonyl (C=O) groups excluding carboxylic acids is 1. The number of hydrogen-bond donors (Lipinski definition) is 1. The van der Waals surface area contributed by atoms with Crippen LogP contribution < -0.4 is 14.5 Å². The number of rotatable bonds is 8. The number of carbonyl (C=O) groups is 1. The van der Waals surface area contributed by atoms with Crippen molar-refractivity contribution in [2.75, 3.05) is 80.3 Å². The number of nitrogens with zero attached hydrogens (tertiary/aromatic N) is 7. The Morgan fingerprint density at radius 3 is 2.43 bits per heavy atom. The van der Waals surface area contributed by atoms with Gasteiger partial charge in [-0.15, -0.1) is 0 Å². The van der Waals surface area contributed by atoms with Crippen LogP contribution in [-0.4, -0.2) is 127 Å². The summed E-state index contributed by atoms with van der Waals surface area (Å²) in [5.74, 6) is 1.51. The van der Waals surface area contributed by atoms with E-state index in [1.165, 1.54) is 6.08 Å². The highest BCUT2D eigenvalue weighted by atomic mass is 32.2. The molecule has 4 aliphatic heterocycles. The number of ether oxygens (including phenoxy) is 1. The Morgan fingerprint density at radius 1 is 1.04 bits per heavy atom. The molecule has 2 aromatic heterocycles. The normalized spacial score (nSPS) is 21.7. The molecule has 4 saturated heterocycles. The Morgan fingerprint density at radius 2 is 1.76 bits per heavy atom. The van der Waals surface area contributed by atoms with E-state index in [0.717, 1.165) is 53.3 Å². The van der Waals surface area contributed by atoms with E-state index in [4.69, 9.17) is 14.7 Å². The van der Waals surface area contributed by atoms with E-state index in [0.29, 0.717) is 80.6 Å². The van der Waals surface area contributed by atoms with Gasteiger partial charge in [0.15, 0.2) is 22.2 Å². The summed E-state index contributed by atoms with van der Waals surface area (Å²) in [6.45, 7) is 8.87. The Balaban J connectivity index is 1.17. The average Bonchev–Trinajstić information content (AvgIpc) is 3.85. The van der Waals surface area contributed by atoms with Gasteiger partial charge in [0.25, 0.3) is 0 Å². The summed E-state index contributed by atoms with van der Waals surface area (Å²) in [4.78, 5) is 30.7. The number of likely N-dealkylation sites (tertiary alicyclic amines) is 1. The maximum Gasteiger partial charge on any atom is 0.422 e. The lowest BCUT2D eigenvalue weighted by Crippen LogP contribution is -2.62. The number of anilines is 2. The zero-order valence-electron chi connectivity index (χ0n) is 30.2. The van der Waals surface area contributed by atoms with Gasteiger partial charge in [-0.3, -0.25) is 14.8 Å². The molecule has 1 spiro atoms. The summed E-state index contributed by atoms with van der Waals surface area (Å²) in [6.07, 6.45) is 1.96. The topological polar surface area (TPSA) is 128 Å². The molecule has 0 radical (unpaired) electrons. The van der Waals surface area contributed by atoms with Crippen molar-refractivity contribution >= 4 is 49.3 Å². The van der Waals surface area contributed by atoms with Crippen LogP contribution in [0.25, 0.3) is 32.9 Å². The van der Waals surface area contributed by atoms with Gasteiger partial charge in [-0.05, 0) is 73.4 Å². The lowest BCUT2D eigenvalue weighted by atomic mass is 9.72. The molecule has 1 saturated carbocycles. The number of nitrogens with one attached hydrogen (secondary N) is 1. The first-order valence-electron chi connectivity index (χ1n) is 18.7. The third-order valence-corrected chi connectivity index (χ3v) is 13.7. The highest BCUT2D eigenvalue weighted by Crippen LogP contribution is 2.53. The Hall–Kier alpha value is -4.44. The van der Waals surface area contributed by atoms with Gasteiger partial charge in [0.1, 0.15) is 11.3 Å². The van der Waals surface area contributed by atoms with Crippen LogP contribution in [0, 0.1) is 12.3 Å². The lowest BCUT2D eigenvalue weighted by Gasteiger charge is -2.54. The molecule has 9 rings (SSSR count). The van der Waals surface area contributed by atoms with E-state index < -0.39 is 22.6 Å². The Labute approximate surface area is 311 Å². The second-order valence-electron chi connectivity index (χ2n) is 15.8. The van der Waals surface area contributed by atoms with Gasteiger partial charge in [0.2, 0.25) is 11.9 Å². The highest BCUT2D eigenvalue weighted by Gasteiger charge is 2.47. The van der Waals surface area contributed by atoms with Gasteiger partial charge in [0, 0.05) is 80.2 Å². The first-order valence-corrected chi connectivity index (χ1v) is 20.5. The van der Waals surface area contributed by atoms with Crippen molar-refractivity contribution in [1.82, 2.24) is 30.0 Å². The third-order valence-electron chi connectivity index (χ3n) is 12.1. The van der Waals surface area contributed by atoms with E-state index in [1.54, 1.807) is 6.20 Å². The first kappa shape index (κ1) is 35.3. The van der Waals surface area contributed by atoms with Gasteiger partial charge in [-0.25, -0.2) is 13.4 Å². The Kier molecular flexibility index (Phi) is 8.37. The minimum atomic E-state index is -4.59. The number of fused-ring (bicyclic) bond motifs is 2. The number of piperidine rings is 1. The quantitative estimate of drug-likeness (QED) is 0.249. The standard InChI is InChI=1S/C38H43F3N8O4S/c1-3-30(50)49-20-37(21-49)8-10-47(11-9-37)35-27-16-26(24-5-6-24)32(31-23(2)4-7-29-28(31)17-42-45-29)34(53-22-38(39,40)41)33(27)43-36(44-35)48-18-25(19-48)46-12-14-54(51,52)15-13-46/h3-4,7,16-17,24-25H,1,5-6,8-15,18-22H2,2H3,(H,42,45). The molecule has 0 unspecified atom stereocenters. The second kappa shape index (κ2) is 12.8. The van der Waals surface area contributed by atoms with Crippen molar-refractivity contribution in [3.8, 4) is 16.9 Å². The molecule has 5 aliphatic rings. The number of sulfone groups is 1. The van der Waals surface area contributed by atoms with Gasteiger partial charge >= 0.3 is 6.18 Å². The maximum absolute atomic E-state index is 14.1. The highest BCUT2D eigenvalue weighted by molar-refractivity contribution is 7.91. The molecular formula is C38H43F3N8O4S. The van der Waals surface area contributed by atoms with Crippen molar-refractivity contribution < 1.29 is 31.1 Å². The monoisotopic (exact) mass is 764 g/mol. The summed E-state index contributed by atoms with van der Waals surface area (Å²) >= 11 is 0. The zero-order chi connectivity index (χ0) is 37.6. The third kappa shape index (κ3) is 6.34. The SMILES string of the molecule is C=CC(=O)N1CC2(CCN(c3nc(N4CC(N5CCS(=O)(=O)CC5)C4)nc4c(OCC(F)(F)F)c(-c5c(C)ccc6[nH]ncc56)c(C5CC5)cc34)CC2)C1. The van der Waals surface area contributed by atoms with Gasteiger partial charge in [-0.1, -0.05) is 12.6 Å². The zero-order valence-corrected chi connectivity index (χ0v) is 31.0. The number of aromatic nitrogens is 4. The number of amides is 1. The van der Waals surface area contributed by atoms with Crippen molar-refractivity contribution in [2.24, 2.45) is 5.41 Å². The van der Waals surface area contributed by atoms with Crippen molar-refractivity contribution in [3.63, 3.8) is 0 Å². The fourth-order valence-electron chi connectivity index (χ4n) is 8.84. The number of alkyl halides is 3. The van der Waals surface area contributed by atoms with Crippen LogP contribution in [0.2, 0.25) is 0 Å². The van der Waals surface area contributed by atoms with Crippen LogP contribution >= 0.6 is 0 Å². The summed E-state index contributed by atoms with van der Waals surface area (Å²) in [5, 5.41) is 8.74. The fourth-order valence-corrected chi connectivity index (χ4v) is 10.1. The minimum absolute atomic E-state index is 0.0155. The van der Waals surface area contributed by atoms with E-state index in [1.807, 2.05) is 28.9 Å². The number of hydrogen-bond acceptors (Lipinski definition) is 10. The van der Waals surface area contributed by atoms with Crippen LogP contribution in [0.4, 0.5) is 24.9 Å². The average molecular weight is 765 g/mol. The lowest BCUT2D eigenvalue weighted by molar-refractivity contribution is -0.153. The van der Waals surface area contributed by atoms with E-state index >= 15 is 0 Å². The minimum Gasteiger partial charge on any atom is -0.481 e. The summed E-state index contributed by atoms with van der Waals surface area (Å²) in [7, 11) is -3.03. The molecule has 54 heavy (non-hydrogen) atoms. The number of aromatic amines is 1. The molecule has 5 fully saturated rings. The molecule has 12 nitrogen and oxygen atoms in total. The molecule has 0 atom stereocenters. The van der Waals surface area contributed by atoms with Gasteiger partial charge < -0.3 is 19.4 Å². The van der Waals surface area contributed by atoms with E-state index in [9.17, 15) is 26.4 Å². The Bertz CT molecular complexity index is 2260. The molecule has 1 amide bonds.